The predicted molar refractivity (Wildman–Crippen MR) is 134 cm³/mol. The molecule has 0 radical (unpaired) electrons. The second-order valence-electron chi connectivity index (χ2n) is 8.93. The molecule has 0 aliphatic carbocycles. The molecule has 0 aliphatic heterocycles. The Bertz CT molecular complexity index is 1140. The molecule has 0 aliphatic rings. The zero-order valence-electron chi connectivity index (χ0n) is 20.3. The van der Waals surface area contributed by atoms with Gasteiger partial charge in [0.15, 0.2) is 5.15 Å². The first-order valence-corrected chi connectivity index (χ1v) is 11.0. The Morgan fingerprint density at radius 1 is 1.00 bits per heavy atom. The van der Waals surface area contributed by atoms with Crippen LogP contribution in [0.2, 0.25) is 5.15 Å². The van der Waals surface area contributed by atoms with Crippen LogP contribution in [0, 0.1) is 0 Å². The van der Waals surface area contributed by atoms with Crippen LogP contribution < -0.4 is 26.1 Å². The van der Waals surface area contributed by atoms with Crippen LogP contribution in [0.25, 0.3) is 0 Å². The van der Waals surface area contributed by atoms with Gasteiger partial charge in [-0.1, -0.05) is 11.6 Å². The number of nitrogens with one attached hydrogen (secondary N) is 1. The molecule has 0 spiro atoms. The highest BCUT2D eigenvalue weighted by Gasteiger charge is 2.14. The van der Waals surface area contributed by atoms with Gasteiger partial charge < -0.3 is 30.7 Å². The molecule has 0 fully saturated rings. The second kappa shape index (κ2) is 11.8. The van der Waals surface area contributed by atoms with Crippen LogP contribution >= 0.6 is 11.6 Å². The van der Waals surface area contributed by atoms with Crippen molar-refractivity contribution in [2.45, 2.75) is 38.9 Å². The van der Waals surface area contributed by atoms with E-state index in [1.54, 1.807) is 52.0 Å². The summed E-state index contributed by atoms with van der Waals surface area (Å²) in [5.41, 5.74) is 3.61. The van der Waals surface area contributed by atoms with Crippen molar-refractivity contribution < 1.29 is 19.7 Å². The fraction of sp³-hybridized carbons (Fsp3) is 0.391. The number of rotatable bonds is 8. The fourth-order valence-electron chi connectivity index (χ4n) is 2.34. The highest BCUT2D eigenvalue weighted by Crippen LogP contribution is 2.17. The third-order valence-electron chi connectivity index (χ3n) is 3.98. The standard InChI is InChI=1S/C14H17ClN4O3.C9H14N2O2/c1-14(2,21)8-22-9-4-5-12(16-7-9)17-10-6-11(15)18-19(3)13(10)20;1-9(2,12)6-13-7-3-4-8(10)11-5-7/h4-7,21H,8H2,1-3H3,(H,16,17);3-5,12H,6H2,1-2H3,(H2,10,11). The first-order chi connectivity index (χ1) is 16.2. The highest BCUT2D eigenvalue weighted by atomic mass is 35.5. The summed E-state index contributed by atoms with van der Waals surface area (Å²) in [7, 11) is 1.51. The van der Waals surface area contributed by atoms with Crippen molar-refractivity contribution >= 4 is 28.9 Å². The molecule has 11 nitrogen and oxygen atoms in total. The van der Waals surface area contributed by atoms with E-state index in [1.165, 1.54) is 25.5 Å². The fourth-order valence-corrected chi connectivity index (χ4v) is 2.56. The van der Waals surface area contributed by atoms with E-state index in [0.717, 1.165) is 4.68 Å². The number of aromatic nitrogens is 4. The minimum Gasteiger partial charge on any atom is -0.489 e. The van der Waals surface area contributed by atoms with Crippen LogP contribution in [0.5, 0.6) is 11.5 Å². The zero-order chi connectivity index (χ0) is 26.2. The van der Waals surface area contributed by atoms with Crippen molar-refractivity contribution in [3.05, 3.63) is 58.2 Å². The summed E-state index contributed by atoms with van der Waals surface area (Å²) in [4.78, 5) is 19.9. The van der Waals surface area contributed by atoms with Crippen LogP contribution in [0.1, 0.15) is 27.7 Å². The Balaban J connectivity index is 0.000000283. The van der Waals surface area contributed by atoms with E-state index >= 15 is 0 Å². The number of hydrogen-bond acceptors (Lipinski definition) is 10. The maximum absolute atomic E-state index is 11.9. The van der Waals surface area contributed by atoms with Gasteiger partial charge in [0.05, 0.1) is 23.6 Å². The lowest BCUT2D eigenvalue weighted by atomic mass is 10.2. The molecule has 0 bridgehead atoms. The molecule has 3 aromatic heterocycles. The van der Waals surface area contributed by atoms with E-state index in [1.807, 2.05) is 0 Å². The van der Waals surface area contributed by atoms with Crippen LogP contribution in [0.3, 0.4) is 0 Å². The SMILES string of the molecule is CC(C)(O)COc1ccc(N)nc1.Cn1nc(Cl)cc(Nc2ccc(OCC(C)(C)O)cn2)c1=O. The van der Waals surface area contributed by atoms with E-state index in [2.05, 4.69) is 20.4 Å². The molecule has 35 heavy (non-hydrogen) atoms. The van der Waals surface area contributed by atoms with Crippen LogP contribution in [0.15, 0.2) is 47.5 Å². The molecule has 0 saturated carbocycles. The average molecular weight is 507 g/mol. The lowest BCUT2D eigenvalue weighted by molar-refractivity contribution is 0.0281. The molecule has 0 amide bonds. The summed E-state index contributed by atoms with van der Waals surface area (Å²) in [6.07, 6.45) is 3.03. The molecule has 5 N–H and O–H groups in total. The first-order valence-electron chi connectivity index (χ1n) is 10.6. The summed E-state index contributed by atoms with van der Waals surface area (Å²) >= 11 is 5.82. The number of pyridine rings is 2. The summed E-state index contributed by atoms with van der Waals surface area (Å²) < 4.78 is 11.8. The summed E-state index contributed by atoms with van der Waals surface area (Å²) in [6, 6.07) is 8.15. The van der Waals surface area contributed by atoms with Gasteiger partial charge >= 0.3 is 0 Å². The highest BCUT2D eigenvalue weighted by molar-refractivity contribution is 6.29. The van der Waals surface area contributed by atoms with E-state index in [0.29, 0.717) is 23.1 Å². The number of nitrogens with two attached hydrogens (primary N) is 1. The van der Waals surface area contributed by atoms with E-state index in [9.17, 15) is 15.0 Å². The summed E-state index contributed by atoms with van der Waals surface area (Å²) in [5, 5.41) is 25.8. The molecular weight excluding hydrogens is 476 g/mol. The maximum Gasteiger partial charge on any atom is 0.290 e. The van der Waals surface area contributed by atoms with Crippen molar-refractivity contribution in [1.29, 1.82) is 0 Å². The van der Waals surface area contributed by atoms with Crippen molar-refractivity contribution in [1.82, 2.24) is 19.7 Å². The smallest absolute Gasteiger partial charge is 0.290 e. The maximum atomic E-state index is 11.9. The van der Waals surface area contributed by atoms with Crippen LogP contribution in [-0.4, -0.2) is 54.4 Å². The third kappa shape index (κ3) is 10.6. The third-order valence-corrected chi connectivity index (χ3v) is 4.16. The lowest BCUT2D eigenvalue weighted by Crippen LogP contribution is -2.27. The van der Waals surface area contributed by atoms with Gasteiger partial charge in [-0.3, -0.25) is 4.79 Å². The van der Waals surface area contributed by atoms with Gasteiger partial charge in [-0.05, 0) is 52.0 Å². The molecule has 3 aromatic rings. The van der Waals surface area contributed by atoms with Gasteiger partial charge in [0.2, 0.25) is 0 Å². The van der Waals surface area contributed by atoms with Crippen molar-refractivity contribution in [2.75, 3.05) is 24.3 Å². The van der Waals surface area contributed by atoms with Gasteiger partial charge in [-0.25, -0.2) is 14.6 Å². The van der Waals surface area contributed by atoms with E-state index in [-0.39, 0.29) is 29.6 Å². The van der Waals surface area contributed by atoms with Crippen LogP contribution in [0.4, 0.5) is 17.3 Å². The summed E-state index contributed by atoms with van der Waals surface area (Å²) in [6.45, 7) is 7.05. The Morgan fingerprint density at radius 2 is 1.54 bits per heavy atom. The second-order valence-corrected chi connectivity index (χ2v) is 9.32. The molecular formula is C23H31ClN6O5. The normalized spacial score (nSPS) is 11.3. The van der Waals surface area contributed by atoms with Crippen molar-refractivity contribution in [3.8, 4) is 11.5 Å². The summed E-state index contributed by atoms with van der Waals surface area (Å²) in [5.74, 6) is 2.05. The number of hydrogen-bond donors (Lipinski definition) is 4. The number of aliphatic hydroxyl groups is 2. The molecule has 0 unspecified atom stereocenters. The molecule has 190 valence electrons. The Labute approximate surface area is 208 Å². The van der Waals surface area contributed by atoms with Gasteiger partial charge in [0.1, 0.15) is 42.0 Å². The van der Waals surface area contributed by atoms with Crippen LogP contribution in [-0.2, 0) is 7.05 Å². The van der Waals surface area contributed by atoms with Gasteiger partial charge in [0, 0.05) is 13.1 Å². The minimum absolute atomic E-state index is 0.155. The van der Waals surface area contributed by atoms with Gasteiger partial charge in [0.25, 0.3) is 5.56 Å². The minimum atomic E-state index is -0.920. The quantitative estimate of drug-likeness (QED) is 0.357. The molecule has 3 heterocycles. The largest absolute Gasteiger partial charge is 0.489 e. The topological polar surface area (TPSA) is 158 Å². The molecule has 0 saturated heterocycles. The Hall–Kier alpha value is -3.41. The number of anilines is 3. The Morgan fingerprint density at radius 3 is 2.00 bits per heavy atom. The van der Waals surface area contributed by atoms with Crippen molar-refractivity contribution in [3.63, 3.8) is 0 Å². The zero-order valence-corrected chi connectivity index (χ0v) is 21.1. The van der Waals surface area contributed by atoms with Crippen molar-refractivity contribution in [2.24, 2.45) is 7.05 Å². The first kappa shape index (κ1) is 27.8. The average Bonchev–Trinajstić information content (AvgIpc) is 2.76. The molecule has 12 heteroatoms. The molecule has 3 rings (SSSR count). The van der Waals surface area contributed by atoms with Gasteiger partial charge in [-0.15, -0.1) is 0 Å². The Kier molecular flexibility index (Phi) is 9.40. The molecule has 0 atom stereocenters. The monoisotopic (exact) mass is 506 g/mol. The number of nitrogens with zero attached hydrogens (tertiary/aromatic N) is 4. The number of aryl methyl sites for hydroxylation is 1. The van der Waals surface area contributed by atoms with E-state index < -0.39 is 11.2 Å². The lowest BCUT2D eigenvalue weighted by Gasteiger charge is -2.17. The number of ether oxygens (including phenoxy) is 2. The van der Waals surface area contributed by atoms with Gasteiger partial charge in [-0.2, -0.15) is 5.10 Å². The predicted octanol–water partition coefficient (Wildman–Crippen LogP) is 2.54. The number of halogens is 1. The number of nitrogen functional groups attached to an aromatic ring is 1. The molecule has 0 aromatic carbocycles. The van der Waals surface area contributed by atoms with E-state index in [4.69, 9.17) is 26.8 Å².